The second-order valence-electron chi connectivity index (χ2n) is 6.38. The Hall–Kier alpha value is -1.22. The van der Waals surface area contributed by atoms with Gasteiger partial charge in [-0.15, -0.1) is 0 Å². The Labute approximate surface area is 129 Å². The van der Waals surface area contributed by atoms with Gasteiger partial charge in [-0.3, -0.25) is 0 Å². The fraction of sp³-hybridized carbons (Fsp3) is 0.667. The van der Waals surface area contributed by atoms with Gasteiger partial charge in [-0.1, -0.05) is 25.8 Å². The van der Waals surface area contributed by atoms with Crippen molar-refractivity contribution in [2.75, 3.05) is 25.6 Å². The zero-order valence-electron chi connectivity index (χ0n) is 14.0. The molecule has 0 saturated heterocycles. The SMILES string of the molecule is CCOc1cc(CNC2CCCCC2C)ccc1N(C)C. The van der Waals surface area contributed by atoms with Crippen LogP contribution in [0.15, 0.2) is 18.2 Å². The summed E-state index contributed by atoms with van der Waals surface area (Å²) in [6.07, 6.45) is 5.44. The minimum Gasteiger partial charge on any atom is -0.492 e. The molecule has 0 spiro atoms. The number of benzene rings is 1. The van der Waals surface area contributed by atoms with E-state index >= 15 is 0 Å². The molecule has 1 N–H and O–H groups in total. The quantitative estimate of drug-likeness (QED) is 0.862. The predicted molar refractivity (Wildman–Crippen MR) is 90.2 cm³/mol. The third-order valence-electron chi connectivity index (χ3n) is 4.49. The lowest BCUT2D eigenvalue weighted by atomic mass is 9.86. The Kier molecular flexibility index (Phi) is 5.92. The average Bonchev–Trinajstić information content (AvgIpc) is 2.46. The maximum atomic E-state index is 5.78. The minimum absolute atomic E-state index is 0.669. The lowest BCUT2D eigenvalue weighted by Crippen LogP contribution is -2.36. The number of nitrogens with one attached hydrogen (secondary N) is 1. The van der Waals surface area contributed by atoms with Crippen molar-refractivity contribution in [3.8, 4) is 5.75 Å². The zero-order valence-corrected chi connectivity index (χ0v) is 14.0. The summed E-state index contributed by atoms with van der Waals surface area (Å²) < 4.78 is 5.78. The van der Waals surface area contributed by atoms with Crippen molar-refractivity contribution in [3.63, 3.8) is 0 Å². The number of hydrogen-bond acceptors (Lipinski definition) is 3. The Morgan fingerprint density at radius 3 is 2.67 bits per heavy atom. The first-order chi connectivity index (χ1) is 10.1. The van der Waals surface area contributed by atoms with E-state index in [2.05, 4.69) is 49.4 Å². The number of ether oxygens (including phenoxy) is 1. The summed E-state index contributed by atoms with van der Waals surface area (Å²) in [5.41, 5.74) is 2.45. The van der Waals surface area contributed by atoms with Gasteiger partial charge in [0.2, 0.25) is 0 Å². The van der Waals surface area contributed by atoms with Gasteiger partial charge >= 0.3 is 0 Å². The lowest BCUT2D eigenvalue weighted by Gasteiger charge is -2.29. The van der Waals surface area contributed by atoms with Crippen molar-refractivity contribution >= 4 is 5.69 Å². The first kappa shape index (κ1) is 16.2. The van der Waals surface area contributed by atoms with E-state index in [0.717, 1.165) is 23.9 Å². The Morgan fingerprint density at radius 1 is 1.24 bits per heavy atom. The van der Waals surface area contributed by atoms with E-state index in [0.29, 0.717) is 12.6 Å². The van der Waals surface area contributed by atoms with Crippen molar-refractivity contribution in [1.82, 2.24) is 5.32 Å². The van der Waals surface area contributed by atoms with E-state index < -0.39 is 0 Å². The van der Waals surface area contributed by atoms with Gasteiger partial charge in [0, 0.05) is 26.7 Å². The van der Waals surface area contributed by atoms with Crippen molar-refractivity contribution < 1.29 is 4.74 Å². The van der Waals surface area contributed by atoms with E-state index in [1.165, 1.54) is 31.2 Å². The molecule has 0 heterocycles. The summed E-state index contributed by atoms with van der Waals surface area (Å²) in [6.45, 7) is 6.05. The van der Waals surface area contributed by atoms with Crippen molar-refractivity contribution in [2.45, 2.75) is 52.1 Å². The molecule has 2 atom stereocenters. The Bertz CT molecular complexity index is 445. The molecule has 0 amide bonds. The van der Waals surface area contributed by atoms with Crippen LogP contribution < -0.4 is 15.0 Å². The number of anilines is 1. The molecular weight excluding hydrogens is 260 g/mol. The number of nitrogens with zero attached hydrogens (tertiary/aromatic N) is 1. The molecule has 3 nitrogen and oxygen atoms in total. The molecule has 21 heavy (non-hydrogen) atoms. The number of hydrogen-bond donors (Lipinski definition) is 1. The monoisotopic (exact) mass is 290 g/mol. The van der Waals surface area contributed by atoms with Gasteiger partial charge in [0.15, 0.2) is 0 Å². The maximum Gasteiger partial charge on any atom is 0.142 e. The average molecular weight is 290 g/mol. The largest absolute Gasteiger partial charge is 0.492 e. The molecule has 1 aromatic rings. The van der Waals surface area contributed by atoms with Crippen LogP contribution in [0.4, 0.5) is 5.69 Å². The van der Waals surface area contributed by atoms with Crippen LogP contribution in [0.5, 0.6) is 5.75 Å². The van der Waals surface area contributed by atoms with E-state index in [4.69, 9.17) is 4.74 Å². The summed E-state index contributed by atoms with van der Waals surface area (Å²) in [6, 6.07) is 7.21. The minimum atomic E-state index is 0.669. The summed E-state index contributed by atoms with van der Waals surface area (Å²) in [5, 5.41) is 3.74. The highest BCUT2D eigenvalue weighted by atomic mass is 16.5. The molecular formula is C18H30N2O. The Morgan fingerprint density at radius 2 is 2.00 bits per heavy atom. The van der Waals surface area contributed by atoms with Crippen LogP contribution >= 0.6 is 0 Å². The molecule has 3 heteroatoms. The molecule has 1 aliphatic carbocycles. The second-order valence-corrected chi connectivity index (χ2v) is 6.38. The summed E-state index contributed by atoms with van der Waals surface area (Å²) >= 11 is 0. The van der Waals surface area contributed by atoms with Crippen molar-refractivity contribution in [3.05, 3.63) is 23.8 Å². The Balaban J connectivity index is 2.01. The normalized spacial score (nSPS) is 22.1. The molecule has 0 radical (unpaired) electrons. The second kappa shape index (κ2) is 7.69. The van der Waals surface area contributed by atoms with Gasteiger partial charge in [-0.2, -0.15) is 0 Å². The molecule has 1 fully saturated rings. The molecule has 2 unspecified atom stereocenters. The first-order valence-corrected chi connectivity index (χ1v) is 8.28. The topological polar surface area (TPSA) is 24.5 Å². The molecule has 118 valence electrons. The third-order valence-corrected chi connectivity index (χ3v) is 4.49. The zero-order chi connectivity index (χ0) is 15.2. The van der Waals surface area contributed by atoms with E-state index in [1.54, 1.807) is 0 Å². The van der Waals surface area contributed by atoms with Crippen LogP contribution in [0.2, 0.25) is 0 Å². The summed E-state index contributed by atoms with van der Waals surface area (Å²) in [4.78, 5) is 2.10. The lowest BCUT2D eigenvalue weighted by molar-refractivity contribution is 0.279. The van der Waals surface area contributed by atoms with Crippen molar-refractivity contribution in [1.29, 1.82) is 0 Å². The summed E-state index contributed by atoms with van der Waals surface area (Å²) in [7, 11) is 4.11. The third kappa shape index (κ3) is 4.37. The van der Waals surface area contributed by atoms with Crippen LogP contribution in [0.3, 0.4) is 0 Å². The van der Waals surface area contributed by atoms with Gasteiger partial charge in [0.25, 0.3) is 0 Å². The number of rotatable bonds is 6. The van der Waals surface area contributed by atoms with Gasteiger partial charge in [-0.05, 0) is 43.4 Å². The van der Waals surface area contributed by atoms with E-state index in [9.17, 15) is 0 Å². The fourth-order valence-corrected chi connectivity index (χ4v) is 3.18. The molecule has 0 aliphatic heterocycles. The smallest absolute Gasteiger partial charge is 0.142 e. The summed E-state index contributed by atoms with van der Waals surface area (Å²) in [5.74, 6) is 1.78. The van der Waals surface area contributed by atoms with Crippen LogP contribution in [0.1, 0.15) is 45.1 Å². The highest BCUT2D eigenvalue weighted by molar-refractivity contribution is 5.58. The predicted octanol–water partition coefficient (Wildman–Crippen LogP) is 3.82. The van der Waals surface area contributed by atoms with Gasteiger partial charge in [0.05, 0.1) is 12.3 Å². The van der Waals surface area contributed by atoms with E-state index in [-0.39, 0.29) is 0 Å². The van der Waals surface area contributed by atoms with Gasteiger partial charge in [0.1, 0.15) is 5.75 Å². The van der Waals surface area contributed by atoms with Crippen LogP contribution in [0.25, 0.3) is 0 Å². The van der Waals surface area contributed by atoms with Crippen molar-refractivity contribution in [2.24, 2.45) is 5.92 Å². The molecule has 0 aromatic heterocycles. The molecule has 1 aliphatic rings. The maximum absolute atomic E-state index is 5.78. The molecule has 2 rings (SSSR count). The van der Waals surface area contributed by atoms with Crippen LogP contribution in [0, 0.1) is 5.92 Å². The standard InChI is InChI=1S/C18H30N2O/c1-5-21-18-12-15(10-11-17(18)20(3)4)13-19-16-9-7-6-8-14(16)2/h10-12,14,16,19H,5-9,13H2,1-4H3. The highest BCUT2D eigenvalue weighted by Crippen LogP contribution is 2.29. The van der Waals surface area contributed by atoms with Crippen LogP contribution in [-0.2, 0) is 6.54 Å². The highest BCUT2D eigenvalue weighted by Gasteiger charge is 2.20. The molecule has 1 saturated carbocycles. The molecule has 1 aromatic carbocycles. The van der Waals surface area contributed by atoms with E-state index in [1.807, 2.05) is 6.92 Å². The first-order valence-electron chi connectivity index (χ1n) is 8.28. The fourth-order valence-electron chi connectivity index (χ4n) is 3.18. The van der Waals surface area contributed by atoms with Gasteiger partial charge < -0.3 is 15.0 Å². The van der Waals surface area contributed by atoms with Gasteiger partial charge in [-0.25, -0.2) is 0 Å². The van der Waals surface area contributed by atoms with Crippen LogP contribution in [-0.4, -0.2) is 26.7 Å². The molecule has 0 bridgehead atoms.